The highest BCUT2D eigenvalue weighted by Gasteiger charge is 2.18. The third-order valence-corrected chi connectivity index (χ3v) is 4.03. The number of carbonyl (C=O) groups excluding carboxylic acids is 1. The Bertz CT molecular complexity index is 456. The van der Waals surface area contributed by atoms with Gasteiger partial charge in [0.05, 0.1) is 0 Å². The minimum absolute atomic E-state index is 0.0106. The second-order valence-electron chi connectivity index (χ2n) is 6.22. The van der Waals surface area contributed by atoms with Gasteiger partial charge in [0.25, 0.3) is 5.91 Å². The summed E-state index contributed by atoms with van der Waals surface area (Å²) >= 11 is 0. The van der Waals surface area contributed by atoms with E-state index in [-0.39, 0.29) is 11.9 Å². The van der Waals surface area contributed by atoms with Crippen molar-refractivity contribution in [3.05, 3.63) is 29.8 Å². The van der Waals surface area contributed by atoms with Crippen LogP contribution in [0.4, 0.5) is 5.69 Å². The zero-order valence-corrected chi connectivity index (χ0v) is 13.4. The van der Waals surface area contributed by atoms with Crippen molar-refractivity contribution in [2.75, 3.05) is 25.5 Å². The maximum absolute atomic E-state index is 11.9. The average molecular weight is 289 g/mol. The number of rotatable bonds is 5. The number of hydrogen-bond donors (Lipinski definition) is 2. The average Bonchev–Trinajstić information content (AvgIpc) is 2.46. The molecule has 116 valence electrons. The smallest absolute Gasteiger partial charge is 0.251 e. The number of anilines is 1. The van der Waals surface area contributed by atoms with Crippen LogP contribution in [0.15, 0.2) is 24.3 Å². The lowest BCUT2D eigenvalue weighted by Gasteiger charge is -2.32. The Labute approximate surface area is 127 Å². The molecule has 0 aromatic heterocycles. The lowest BCUT2D eigenvalue weighted by molar-refractivity contribution is 0.0943. The van der Waals surface area contributed by atoms with Gasteiger partial charge in [0.2, 0.25) is 0 Å². The first-order valence-corrected chi connectivity index (χ1v) is 7.91. The Morgan fingerprint density at radius 2 is 2.00 bits per heavy atom. The molecule has 21 heavy (non-hydrogen) atoms. The number of piperidine rings is 1. The Morgan fingerprint density at radius 1 is 1.29 bits per heavy atom. The Morgan fingerprint density at radius 3 is 2.62 bits per heavy atom. The van der Waals surface area contributed by atoms with Gasteiger partial charge in [-0.25, -0.2) is 0 Å². The predicted octanol–water partition coefficient (Wildman–Crippen LogP) is 2.72. The Balaban J connectivity index is 1.86. The number of likely N-dealkylation sites (tertiary alicyclic amines) is 1. The fraction of sp³-hybridized carbons (Fsp3) is 0.588. The molecule has 0 bridgehead atoms. The normalized spacial score (nSPS) is 19.5. The van der Waals surface area contributed by atoms with Gasteiger partial charge in [-0.1, -0.05) is 6.42 Å². The van der Waals surface area contributed by atoms with Gasteiger partial charge in [0.1, 0.15) is 0 Å². The SMILES string of the molecule is CC(C)NC(=O)c1ccc(NCC2CCCCN2C)cc1. The molecule has 2 N–H and O–H groups in total. The zero-order valence-electron chi connectivity index (χ0n) is 13.4. The van der Waals surface area contributed by atoms with Crippen LogP contribution in [0.3, 0.4) is 0 Å². The molecule has 2 rings (SSSR count). The van der Waals surface area contributed by atoms with Crippen LogP contribution in [0.2, 0.25) is 0 Å². The molecule has 1 aliphatic rings. The number of nitrogens with one attached hydrogen (secondary N) is 2. The first-order valence-electron chi connectivity index (χ1n) is 7.91. The van der Waals surface area contributed by atoms with Gasteiger partial charge in [-0.15, -0.1) is 0 Å². The second-order valence-corrected chi connectivity index (χ2v) is 6.22. The van der Waals surface area contributed by atoms with Gasteiger partial charge in [-0.3, -0.25) is 4.79 Å². The van der Waals surface area contributed by atoms with Gasteiger partial charge in [-0.2, -0.15) is 0 Å². The highest BCUT2D eigenvalue weighted by molar-refractivity contribution is 5.94. The van der Waals surface area contributed by atoms with Crippen LogP contribution in [-0.4, -0.2) is 43.0 Å². The molecular formula is C17H27N3O. The molecule has 0 saturated carbocycles. The molecule has 1 aromatic carbocycles. The third kappa shape index (κ3) is 4.74. The van der Waals surface area contributed by atoms with Crippen molar-refractivity contribution in [3.63, 3.8) is 0 Å². The van der Waals surface area contributed by atoms with Crippen LogP contribution in [0.1, 0.15) is 43.5 Å². The zero-order chi connectivity index (χ0) is 15.2. The van der Waals surface area contributed by atoms with Gasteiger partial charge >= 0.3 is 0 Å². The first-order chi connectivity index (χ1) is 10.1. The summed E-state index contributed by atoms with van der Waals surface area (Å²) in [5.74, 6) is -0.0106. The standard InChI is InChI=1S/C17H27N3O/c1-13(2)19-17(21)14-7-9-15(10-8-14)18-12-16-6-4-5-11-20(16)3/h7-10,13,16,18H,4-6,11-12H2,1-3H3,(H,19,21). The summed E-state index contributed by atoms with van der Waals surface area (Å²) in [4.78, 5) is 14.3. The molecule has 1 aromatic rings. The van der Waals surface area contributed by atoms with Gasteiger partial charge in [-0.05, 0) is 64.5 Å². The van der Waals surface area contributed by atoms with Crippen molar-refractivity contribution in [2.24, 2.45) is 0 Å². The molecular weight excluding hydrogens is 262 g/mol. The lowest BCUT2D eigenvalue weighted by atomic mass is 10.0. The molecule has 1 fully saturated rings. The summed E-state index contributed by atoms with van der Waals surface area (Å²) < 4.78 is 0. The van der Waals surface area contributed by atoms with Crippen molar-refractivity contribution in [2.45, 2.75) is 45.2 Å². The summed E-state index contributed by atoms with van der Waals surface area (Å²) in [5.41, 5.74) is 1.79. The quantitative estimate of drug-likeness (QED) is 0.876. The predicted molar refractivity (Wildman–Crippen MR) is 87.8 cm³/mol. The Hall–Kier alpha value is -1.55. The molecule has 0 aliphatic carbocycles. The van der Waals surface area contributed by atoms with E-state index in [0.29, 0.717) is 11.6 Å². The Kier molecular flexibility index (Phi) is 5.62. The van der Waals surface area contributed by atoms with E-state index in [4.69, 9.17) is 0 Å². The van der Waals surface area contributed by atoms with Crippen LogP contribution in [-0.2, 0) is 0 Å². The van der Waals surface area contributed by atoms with E-state index in [1.165, 1.54) is 25.8 Å². The largest absolute Gasteiger partial charge is 0.383 e. The van der Waals surface area contributed by atoms with E-state index >= 15 is 0 Å². The van der Waals surface area contributed by atoms with Crippen LogP contribution >= 0.6 is 0 Å². The summed E-state index contributed by atoms with van der Waals surface area (Å²) in [6.07, 6.45) is 3.90. The minimum atomic E-state index is -0.0106. The van der Waals surface area contributed by atoms with E-state index in [0.717, 1.165) is 12.2 Å². The number of nitrogens with zero attached hydrogens (tertiary/aromatic N) is 1. The highest BCUT2D eigenvalue weighted by atomic mass is 16.1. The topological polar surface area (TPSA) is 44.4 Å². The second kappa shape index (κ2) is 7.46. The van der Waals surface area contributed by atoms with Crippen molar-refractivity contribution < 1.29 is 4.79 Å². The van der Waals surface area contributed by atoms with Crippen molar-refractivity contribution in [3.8, 4) is 0 Å². The van der Waals surface area contributed by atoms with E-state index in [1.807, 2.05) is 38.1 Å². The number of carbonyl (C=O) groups is 1. The number of hydrogen-bond acceptors (Lipinski definition) is 3. The van der Waals surface area contributed by atoms with E-state index in [1.54, 1.807) is 0 Å². The monoisotopic (exact) mass is 289 g/mol. The molecule has 1 aliphatic heterocycles. The number of benzene rings is 1. The molecule has 1 saturated heterocycles. The van der Waals surface area contributed by atoms with Gasteiger partial charge in [0, 0.05) is 29.9 Å². The van der Waals surface area contributed by atoms with E-state index in [2.05, 4.69) is 22.6 Å². The highest BCUT2D eigenvalue weighted by Crippen LogP contribution is 2.16. The molecule has 4 nitrogen and oxygen atoms in total. The van der Waals surface area contributed by atoms with Crippen molar-refractivity contribution >= 4 is 11.6 Å². The maximum atomic E-state index is 11.9. The first kappa shape index (κ1) is 15.8. The van der Waals surface area contributed by atoms with Crippen LogP contribution < -0.4 is 10.6 Å². The van der Waals surface area contributed by atoms with Crippen LogP contribution in [0.25, 0.3) is 0 Å². The third-order valence-electron chi connectivity index (χ3n) is 4.03. The molecule has 1 atom stereocenters. The summed E-state index contributed by atoms with van der Waals surface area (Å²) in [7, 11) is 2.20. The van der Waals surface area contributed by atoms with E-state index < -0.39 is 0 Å². The van der Waals surface area contributed by atoms with Gasteiger partial charge in [0.15, 0.2) is 0 Å². The van der Waals surface area contributed by atoms with E-state index in [9.17, 15) is 4.79 Å². The summed E-state index contributed by atoms with van der Waals surface area (Å²) in [6.45, 7) is 6.09. The number of likely N-dealkylation sites (N-methyl/N-ethyl adjacent to an activating group) is 1. The maximum Gasteiger partial charge on any atom is 0.251 e. The molecule has 1 unspecified atom stereocenters. The lowest BCUT2D eigenvalue weighted by Crippen LogP contribution is -2.40. The van der Waals surface area contributed by atoms with Crippen LogP contribution in [0, 0.1) is 0 Å². The molecule has 4 heteroatoms. The van der Waals surface area contributed by atoms with Crippen LogP contribution in [0.5, 0.6) is 0 Å². The molecule has 1 amide bonds. The van der Waals surface area contributed by atoms with Crippen molar-refractivity contribution in [1.29, 1.82) is 0 Å². The molecule has 0 radical (unpaired) electrons. The molecule has 0 spiro atoms. The molecule has 1 heterocycles. The fourth-order valence-electron chi connectivity index (χ4n) is 2.72. The number of amides is 1. The van der Waals surface area contributed by atoms with Gasteiger partial charge < -0.3 is 15.5 Å². The fourth-order valence-corrected chi connectivity index (χ4v) is 2.72. The summed E-state index contributed by atoms with van der Waals surface area (Å²) in [5, 5.41) is 6.38. The summed E-state index contributed by atoms with van der Waals surface area (Å²) in [6, 6.07) is 8.51. The van der Waals surface area contributed by atoms with Crippen molar-refractivity contribution in [1.82, 2.24) is 10.2 Å². The minimum Gasteiger partial charge on any atom is -0.383 e.